The summed E-state index contributed by atoms with van der Waals surface area (Å²) in [7, 11) is 3.06. The minimum atomic E-state index is -0.919. The van der Waals surface area contributed by atoms with Gasteiger partial charge in [-0.2, -0.15) is 0 Å². The number of benzene rings is 2. The molecule has 142 valence electrons. The standard InChI is InChI=1S/C20H22N2O5/c1-26-15-8-13(9-16(10-15)27-2)19(24)11-21-20(25)22-14-4-5-17-12(7-14)3-6-18(17)23/h4-5,7-10,19,24H,3,6,11H2,1-2H3,(H2,21,22,25)/t19-/m0/s1. The molecule has 3 N–H and O–H groups in total. The highest BCUT2D eigenvalue weighted by Gasteiger charge is 2.19. The second kappa shape index (κ2) is 8.09. The average Bonchev–Trinajstić information content (AvgIpc) is 3.05. The van der Waals surface area contributed by atoms with Crippen LogP contribution in [0.5, 0.6) is 11.5 Å². The number of carbonyl (C=O) groups is 2. The van der Waals surface area contributed by atoms with Crippen LogP contribution in [0.3, 0.4) is 0 Å². The summed E-state index contributed by atoms with van der Waals surface area (Å²) in [6, 6.07) is 9.88. The highest BCUT2D eigenvalue weighted by molar-refractivity contribution is 6.01. The highest BCUT2D eigenvalue weighted by Crippen LogP contribution is 2.27. The number of fused-ring (bicyclic) bond motifs is 1. The molecule has 0 saturated heterocycles. The molecule has 0 aromatic heterocycles. The maximum absolute atomic E-state index is 12.1. The number of hydrogen-bond donors (Lipinski definition) is 3. The van der Waals surface area contributed by atoms with Crippen LogP contribution in [0.25, 0.3) is 0 Å². The van der Waals surface area contributed by atoms with Gasteiger partial charge in [0.15, 0.2) is 5.78 Å². The van der Waals surface area contributed by atoms with Crippen molar-refractivity contribution in [3.05, 3.63) is 53.1 Å². The van der Waals surface area contributed by atoms with Crippen molar-refractivity contribution in [1.82, 2.24) is 5.32 Å². The molecule has 1 aliphatic carbocycles. The number of methoxy groups -OCH3 is 2. The Labute approximate surface area is 157 Å². The van der Waals surface area contributed by atoms with E-state index in [9.17, 15) is 14.7 Å². The number of amides is 2. The Morgan fingerprint density at radius 2 is 1.81 bits per heavy atom. The highest BCUT2D eigenvalue weighted by atomic mass is 16.5. The molecule has 27 heavy (non-hydrogen) atoms. The summed E-state index contributed by atoms with van der Waals surface area (Å²) in [4.78, 5) is 23.8. The van der Waals surface area contributed by atoms with Crippen molar-refractivity contribution in [1.29, 1.82) is 0 Å². The number of anilines is 1. The van der Waals surface area contributed by atoms with Gasteiger partial charge in [0.2, 0.25) is 0 Å². The zero-order valence-electron chi connectivity index (χ0n) is 15.2. The first-order chi connectivity index (χ1) is 13.0. The van der Waals surface area contributed by atoms with Gasteiger partial charge in [0.1, 0.15) is 11.5 Å². The first-order valence-corrected chi connectivity index (χ1v) is 8.62. The van der Waals surface area contributed by atoms with Gasteiger partial charge in [0.05, 0.1) is 20.3 Å². The molecule has 0 unspecified atom stereocenters. The van der Waals surface area contributed by atoms with E-state index in [4.69, 9.17) is 9.47 Å². The second-order valence-corrected chi connectivity index (χ2v) is 6.29. The van der Waals surface area contributed by atoms with Crippen LogP contribution in [-0.4, -0.2) is 37.7 Å². The molecular weight excluding hydrogens is 348 g/mol. The number of aliphatic hydroxyl groups is 1. The average molecular weight is 370 g/mol. The number of rotatable bonds is 6. The van der Waals surface area contributed by atoms with E-state index in [1.165, 1.54) is 14.2 Å². The van der Waals surface area contributed by atoms with E-state index >= 15 is 0 Å². The van der Waals surface area contributed by atoms with Crippen molar-refractivity contribution in [2.24, 2.45) is 0 Å². The van der Waals surface area contributed by atoms with E-state index in [-0.39, 0.29) is 12.3 Å². The third-order valence-corrected chi connectivity index (χ3v) is 4.50. The molecule has 0 spiro atoms. The van der Waals surface area contributed by atoms with E-state index in [0.29, 0.717) is 35.6 Å². The third-order valence-electron chi connectivity index (χ3n) is 4.50. The molecule has 0 aliphatic heterocycles. The Balaban J connectivity index is 1.58. The maximum Gasteiger partial charge on any atom is 0.319 e. The number of carbonyl (C=O) groups excluding carboxylic acids is 2. The fraction of sp³-hybridized carbons (Fsp3) is 0.300. The largest absolute Gasteiger partial charge is 0.497 e. The Hall–Kier alpha value is -3.06. The normalized spacial score (nSPS) is 13.7. The van der Waals surface area contributed by atoms with Crippen LogP contribution >= 0.6 is 0 Å². The lowest BCUT2D eigenvalue weighted by atomic mass is 10.1. The Morgan fingerprint density at radius 3 is 2.48 bits per heavy atom. The van der Waals surface area contributed by atoms with Crippen molar-refractivity contribution in [3.63, 3.8) is 0 Å². The minimum Gasteiger partial charge on any atom is -0.497 e. The summed E-state index contributed by atoms with van der Waals surface area (Å²) in [5.74, 6) is 1.25. The molecule has 1 aliphatic rings. The molecule has 0 fully saturated rings. The molecule has 2 amide bonds. The Kier molecular flexibility index (Phi) is 5.61. The molecule has 7 heteroatoms. The van der Waals surface area contributed by atoms with E-state index in [2.05, 4.69) is 10.6 Å². The molecule has 3 rings (SSSR count). The molecule has 0 heterocycles. The predicted molar refractivity (Wildman–Crippen MR) is 101 cm³/mol. The molecule has 0 radical (unpaired) electrons. The van der Waals surface area contributed by atoms with Crippen molar-refractivity contribution < 1.29 is 24.2 Å². The van der Waals surface area contributed by atoms with Gasteiger partial charge in [-0.25, -0.2) is 4.79 Å². The lowest BCUT2D eigenvalue weighted by molar-refractivity contribution is 0.0994. The van der Waals surface area contributed by atoms with Crippen molar-refractivity contribution >= 4 is 17.5 Å². The quantitative estimate of drug-likeness (QED) is 0.726. The molecule has 2 aromatic carbocycles. The molecule has 2 aromatic rings. The fourth-order valence-electron chi connectivity index (χ4n) is 3.04. The van der Waals surface area contributed by atoms with Gasteiger partial charge in [-0.3, -0.25) is 4.79 Å². The number of ketones is 1. The lowest BCUT2D eigenvalue weighted by Gasteiger charge is -2.15. The molecule has 1 atom stereocenters. The number of aryl methyl sites for hydroxylation is 1. The summed E-state index contributed by atoms with van der Waals surface area (Å²) >= 11 is 0. The Morgan fingerprint density at radius 1 is 1.11 bits per heavy atom. The van der Waals surface area contributed by atoms with Crippen LogP contribution in [-0.2, 0) is 6.42 Å². The van der Waals surface area contributed by atoms with Crippen molar-refractivity contribution in [2.45, 2.75) is 18.9 Å². The van der Waals surface area contributed by atoms with Crippen molar-refractivity contribution in [3.8, 4) is 11.5 Å². The first-order valence-electron chi connectivity index (χ1n) is 8.62. The zero-order chi connectivity index (χ0) is 19.4. The van der Waals surface area contributed by atoms with E-state index < -0.39 is 12.1 Å². The summed E-state index contributed by atoms with van der Waals surface area (Å²) in [6.45, 7) is 0.0194. The van der Waals surface area contributed by atoms with Gasteiger partial charge in [0.25, 0.3) is 0 Å². The van der Waals surface area contributed by atoms with Crippen molar-refractivity contribution in [2.75, 3.05) is 26.1 Å². The fourth-order valence-corrected chi connectivity index (χ4v) is 3.04. The van der Waals surface area contributed by atoms with E-state index in [1.807, 2.05) is 6.07 Å². The van der Waals surface area contributed by atoms with Gasteiger partial charge >= 0.3 is 6.03 Å². The zero-order valence-corrected chi connectivity index (χ0v) is 15.2. The third kappa shape index (κ3) is 4.38. The Bertz CT molecular complexity index is 843. The molecule has 0 saturated carbocycles. The molecular formula is C20H22N2O5. The van der Waals surface area contributed by atoms with Gasteiger partial charge in [-0.1, -0.05) is 0 Å². The predicted octanol–water partition coefficient (Wildman–Crippen LogP) is 2.69. The smallest absolute Gasteiger partial charge is 0.319 e. The summed E-state index contributed by atoms with van der Waals surface area (Å²) in [6.07, 6.45) is 0.292. The van der Waals surface area contributed by atoms with Crippen LogP contribution in [0, 0.1) is 0 Å². The number of urea groups is 1. The maximum atomic E-state index is 12.1. The van der Waals surface area contributed by atoms with Gasteiger partial charge in [-0.15, -0.1) is 0 Å². The SMILES string of the molecule is COc1cc(OC)cc([C@@H](O)CNC(=O)Nc2ccc3c(c2)CCC3=O)c1. The van der Waals surface area contributed by atoms with Crippen LogP contribution in [0.4, 0.5) is 10.5 Å². The van der Waals surface area contributed by atoms with Crippen LogP contribution in [0.2, 0.25) is 0 Å². The molecule has 0 bridgehead atoms. The molecule has 7 nitrogen and oxygen atoms in total. The number of Topliss-reactive ketones (excluding diaryl/α,β-unsaturated/α-hetero) is 1. The van der Waals surface area contributed by atoms with Gasteiger partial charge in [0, 0.05) is 30.3 Å². The first kappa shape index (κ1) is 18.7. The number of hydrogen-bond acceptors (Lipinski definition) is 5. The van der Waals surface area contributed by atoms with Crippen LogP contribution < -0.4 is 20.1 Å². The lowest BCUT2D eigenvalue weighted by Crippen LogP contribution is -2.32. The van der Waals surface area contributed by atoms with E-state index in [0.717, 1.165) is 11.1 Å². The number of ether oxygens (including phenoxy) is 2. The summed E-state index contributed by atoms with van der Waals surface area (Å²) in [5.41, 5.74) is 2.85. The minimum absolute atomic E-state index is 0.0194. The second-order valence-electron chi connectivity index (χ2n) is 6.29. The summed E-state index contributed by atoms with van der Waals surface area (Å²) < 4.78 is 10.4. The number of aliphatic hydroxyl groups excluding tert-OH is 1. The van der Waals surface area contributed by atoms with E-state index in [1.54, 1.807) is 30.3 Å². The van der Waals surface area contributed by atoms with Gasteiger partial charge < -0.3 is 25.2 Å². The number of nitrogens with one attached hydrogen (secondary N) is 2. The topological polar surface area (TPSA) is 96.9 Å². The van der Waals surface area contributed by atoms with Crippen LogP contribution in [0.1, 0.15) is 34.0 Å². The van der Waals surface area contributed by atoms with Gasteiger partial charge in [-0.05, 0) is 47.9 Å². The summed E-state index contributed by atoms with van der Waals surface area (Å²) in [5, 5.41) is 15.7. The monoisotopic (exact) mass is 370 g/mol. The van der Waals surface area contributed by atoms with Crippen LogP contribution in [0.15, 0.2) is 36.4 Å².